The first-order valence-electron chi connectivity index (χ1n) is 5.90. The zero-order valence-corrected chi connectivity index (χ0v) is 9.98. The molecule has 0 aromatic heterocycles. The second-order valence-corrected chi connectivity index (χ2v) is 4.46. The highest BCUT2D eigenvalue weighted by atomic mass is 16.5. The monoisotopic (exact) mass is 234 g/mol. The van der Waals surface area contributed by atoms with Crippen LogP contribution in [0.4, 0.5) is 5.69 Å². The minimum atomic E-state index is 0.0370. The fourth-order valence-corrected chi connectivity index (χ4v) is 2.24. The molecule has 1 fully saturated rings. The van der Waals surface area contributed by atoms with Crippen LogP contribution in [0.2, 0.25) is 0 Å². The molecule has 1 aliphatic rings. The smallest absolute Gasteiger partial charge is 0.227 e. The number of hydrogen-bond donors (Lipinski definition) is 2. The molecule has 2 atom stereocenters. The molecule has 1 saturated carbocycles. The Labute approximate surface area is 101 Å². The van der Waals surface area contributed by atoms with Gasteiger partial charge in [-0.2, -0.15) is 0 Å². The molecule has 2 rings (SSSR count). The molecule has 0 heterocycles. The minimum Gasteiger partial charge on any atom is -0.495 e. The van der Waals surface area contributed by atoms with Gasteiger partial charge in [0.25, 0.3) is 0 Å². The largest absolute Gasteiger partial charge is 0.495 e. The number of methoxy groups -OCH3 is 1. The van der Waals surface area contributed by atoms with Gasteiger partial charge in [0.05, 0.1) is 12.8 Å². The number of carbonyl (C=O) groups excluding carboxylic acids is 1. The quantitative estimate of drug-likeness (QED) is 0.837. The van der Waals surface area contributed by atoms with Crippen molar-refractivity contribution in [3.63, 3.8) is 0 Å². The Bertz CT molecular complexity index is 406. The van der Waals surface area contributed by atoms with Gasteiger partial charge in [-0.1, -0.05) is 12.1 Å². The van der Waals surface area contributed by atoms with Crippen molar-refractivity contribution in [3.8, 4) is 5.75 Å². The Kier molecular flexibility index (Phi) is 3.64. The number of nitrogens with two attached hydrogens (primary N) is 1. The van der Waals surface area contributed by atoms with E-state index < -0.39 is 0 Å². The van der Waals surface area contributed by atoms with Crippen molar-refractivity contribution in [2.45, 2.75) is 25.3 Å². The molecule has 1 amide bonds. The number of carbonyl (C=O) groups is 1. The van der Waals surface area contributed by atoms with Crippen LogP contribution in [0.15, 0.2) is 24.3 Å². The van der Waals surface area contributed by atoms with E-state index in [9.17, 15) is 4.79 Å². The second kappa shape index (κ2) is 5.19. The normalized spacial score (nSPS) is 23.4. The Morgan fingerprint density at radius 2 is 2.18 bits per heavy atom. The highest BCUT2D eigenvalue weighted by molar-refractivity contribution is 5.94. The predicted molar refractivity (Wildman–Crippen MR) is 66.9 cm³/mol. The Morgan fingerprint density at radius 3 is 2.82 bits per heavy atom. The maximum atomic E-state index is 12.0. The molecule has 2 unspecified atom stereocenters. The highest BCUT2D eigenvalue weighted by Gasteiger charge is 2.28. The lowest BCUT2D eigenvalue weighted by Crippen LogP contribution is -2.23. The number of nitrogens with one attached hydrogen (secondary N) is 1. The van der Waals surface area contributed by atoms with Crippen molar-refractivity contribution in [2.75, 3.05) is 12.4 Å². The van der Waals surface area contributed by atoms with E-state index in [1.165, 1.54) is 0 Å². The average molecular weight is 234 g/mol. The van der Waals surface area contributed by atoms with E-state index in [-0.39, 0.29) is 17.9 Å². The molecule has 1 aromatic carbocycles. The van der Waals surface area contributed by atoms with E-state index >= 15 is 0 Å². The van der Waals surface area contributed by atoms with E-state index in [0.717, 1.165) is 24.9 Å². The Hall–Kier alpha value is -1.55. The van der Waals surface area contributed by atoms with Crippen LogP contribution in [-0.2, 0) is 4.79 Å². The van der Waals surface area contributed by atoms with Crippen LogP contribution in [0, 0.1) is 5.92 Å². The highest BCUT2D eigenvalue weighted by Crippen LogP contribution is 2.28. The third kappa shape index (κ3) is 2.77. The van der Waals surface area contributed by atoms with Crippen LogP contribution in [0.5, 0.6) is 5.75 Å². The van der Waals surface area contributed by atoms with Gasteiger partial charge in [-0.25, -0.2) is 0 Å². The summed E-state index contributed by atoms with van der Waals surface area (Å²) in [6.45, 7) is 0. The summed E-state index contributed by atoms with van der Waals surface area (Å²) in [4.78, 5) is 12.0. The zero-order valence-electron chi connectivity index (χ0n) is 9.98. The minimum absolute atomic E-state index is 0.0370. The molecule has 0 saturated heterocycles. The molecule has 0 bridgehead atoms. The molecular formula is C13H18N2O2. The molecule has 1 aromatic rings. The number of benzene rings is 1. The lowest BCUT2D eigenvalue weighted by Gasteiger charge is -2.13. The number of para-hydroxylation sites is 2. The second-order valence-electron chi connectivity index (χ2n) is 4.46. The molecule has 0 aliphatic heterocycles. The summed E-state index contributed by atoms with van der Waals surface area (Å²) in [6, 6.07) is 7.59. The van der Waals surface area contributed by atoms with Gasteiger partial charge >= 0.3 is 0 Å². The number of amides is 1. The van der Waals surface area contributed by atoms with Crippen LogP contribution in [0.1, 0.15) is 19.3 Å². The van der Waals surface area contributed by atoms with Gasteiger partial charge in [-0.3, -0.25) is 4.79 Å². The summed E-state index contributed by atoms with van der Waals surface area (Å²) in [7, 11) is 1.59. The first kappa shape index (κ1) is 11.9. The van der Waals surface area contributed by atoms with Crippen LogP contribution < -0.4 is 15.8 Å². The molecule has 4 heteroatoms. The van der Waals surface area contributed by atoms with Crippen LogP contribution >= 0.6 is 0 Å². The van der Waals surface area contributed by atoms with Crippen molar-refractivity contribution in [1.82, 2.24) is 0 Å². The molecule has 0 spiro atoms. The van der Waals surface area contributed by atoms with Gasteiger partial charge in [0.15, 0.2) is 0 Å². The van der Waals surface area contributed by atoms with Crippen molar-refractivity contribution in [3.05, 3.63) is 24.3 Å². The summed E-state index contributed by atoms with van der Waals surface area (Å²) in [5.41, 5.74) is 6.53. The molecule has 0 radical (unpaired) electrons. The SMILES string of the molecule is COc1ccccc1NC(=O)C1CCC(N)C1. The van der Waals surface area contributed by atoms with Gasteiger partial charge in [-0.05, 0) is 31.4 Å². The summed E-state index contributed by atoms with van der Waals surface area (Å²) < 4.78 is 5.19. The molecule has 17 heavy (non-hydrogen) atoms. The standard InChI is InChI=1S/C13H18N2O2/c1-17-12-5-3-2-4-11(12)15-13(16)9-6-7-10(14)8-9/h2-5,9-10H,6-8,14H2,1H3,(H,15,16). The number of anilines is 1. The van der Waals surface area contributed by atoms with Crippen molar-refractivity contribution in [2.24, 2.45) is 11.7 Å². The Balaban J connectivity index is 2.03. The number of ether oxygens (including phenoxy) is 1. The van der Waals surface area contributed by atoms with Crippen LogP contribution in [0.25, 0.3) is 0 Å². The van der Waals surface area contributed by atoms with Crippen LogP contribution in [0.3, 0.4) is 0 Å². The first-order chi connectivity index (χ1) is 8.20. The lowest BCUT2D eigenvalue weighted by molar-refractivity contribution is -0.119. The molecular weight excluding hydrogens is 216 g/mol. The molecule has 4 nitrogen and oxygen atoms in total. The maximum Gasteiger partial charge on any atom is 0.227 e. The van der Waals surface area contributed by atoms with E-state index in [1.54, 1.807) is 7.11 Å². The van der Waals surface area contributed by atoms with Gasteiger partial charge in [0.2, 0.25) is 5.91 Å². The topological polar surface area (TPSA) is 64.3 Å². The summed E-state index contributed by atoms with van der Waals surface area (Å²) in [5.74, 6) is 0.764. The molecule has 1 aliphatic carbocycles. The first-order valence-corrected chi connectivity index (χ1v) is 5.90. The zero-order chi connectivity index (χ0) is 12.3. The van der Waals surface area contributed by atoms with Crippen LogP contribution in [-0.4, -0.2) is 19.1 Å². The number of rotatable bonds is 3. The van der Waals surface area contributed by atoms with Gasteiger partial charge in [0, 0.05) is 12.0 Å². The van der Waals surface area contributed by atoms with Crippen molar-refractivity contribution >= 4 is 11.6 Å². The summed E-state index contributed by atoms with van der Waals surface area (Å²) >= 11 is 0. The van der Waals surface area contributed by atoms with E-state index in [0.29, 0.717) is 5.75 Å². The lowest BCUT2D eigenvalue weighted by atomic mass is 10.1. The maximum absolute atomic E-state index is 12.0. The van der Waals surface area contributed by atoms with Gasteiger partial charge in [0.1, 0.15) is 5.75 Å². The van der Waals surface area contributed by atoms with Crippen molar-refractivity contribution < 1.29 is 9.53 Å². The third-order valence-corrected chi connectivity index (χ3v) is 3.21. The molecule has 92 valence electrons. The number of hydrogen-bond acceptors (Lipinski definition) is 3. The van der Waals surface area contributed by atoms with Gasteiger partial charge in [-0.15, -0.1) is 0 Å². The van der Waals surface area contributed by atoms with E-state index in [4.69, 9.17) is 10.5 Å². The van der Waals surface area contributed by atoms with E-state index in [2.05, 4.69) is 5.32 Å². The summed E-state index contributed by atoms with van der Waals surface area (Å²) in [6.07, 6.45) is 2.59. The predicted octanol–water partition coefficient (Wildman–Crippen LogP) is 1.76. The third-order valence-electron chi connectivity index (χ3n) is 3.21. The fourth-order valence-electron chi connectivity index (χ4n) is 2.24. The Morgan fingerprint density at radius 1 is 1.41 bits per heavy atom. The summed E-state index contributed by atoms with van der Waals surface area (Å²) in [5, 5.41) is 2.90. The van der Waals surface area contributed by atoms with Gasteiger partial charge < -0.3 is 15.8 Å². The molecule has 3 N–H and O–H groups in total. The average Bonchev–Trinajstić information content (AvgIpc) is 2.77. The fraction of sp³-hybridized carbons (Fsp3) is 0.462. The van der Waals surface area contributed by atoms with E-state index in [1.807, 2.05) is 24.3 Å². The van der Waals surface area contributed by atoms with Crippen molar-refractivity contribution in [1.29, 1.82) is 0 Å².